The lowest BCUT2D eigenvalue weighted by Gasteiger charge is -2.24. The van der Waals surface area contributed by atoms with E-state index in [1.807, 2.05) is 4.90 Å². The molecule has 2 heterocycles. The van der Waals surface area contributed by atoms with Crippen LogP contribution in [0.25, 0.3) is 0 Å². The lowest BCUT2D eigenvalue weighted by atomic mass is 10.1. The van der Waals surface area contributed by atoms with E-state index in [0.717, 1.165) is 12.8 Å². The fraction of sp³-hybridized carbons (Fsp3) is 0.316. The highest BCUT2D eigenvalue weighted by Gasteiger charge is 2.29. The minimum atomic E-state index is -0.0969. The number of nitrogens with zero attached hydrogens (tertiary/aromatic N) is 2. The van der Waals surface area contributed by atoms with Gasteiger partial charge in [-0.2, -0.15) is 0 Å². The average Bonchev–Trinajstić information content (AvgIpc) is 3.10. The van der Waals surface area contributed by atoms with E-state index in [1.54, 1.807) is 36.5 Å². The second-order valence-corrected chi connectivity index (χ2v) is 5.95. The molecule has 1 aliphatic heterocycles. The van der Waals surface area contributed by atoms with Crippen molar-refractivity contribution in [3.05, 3.63) is 53.9 Å². The van der Waals surface area contributed by atoms with Gasteiger partial charge in [-0.05, 0) is 37.1 Å². The summed E-state index contributed by atoms with van der Waals surface area (Å²) in [6.45, 7) is 1.08. The van der Waals surface area contributed by atoms with Crippen LogP contribution in [0.2, 0.25) is 0 Å². The number of carbonyl (C=O) groups is 2. The number of hydrogen-bond acceptors (Lipinski definition) is 5. The largest absolute Gasteiger partial charge is 0.507 e. The van der Waals surface area contributed by atoms with Crippen LogP contribution in [0.15, 0.2) is 42.6 Å². The number of carbonyl (C=O) groups excluding carboxylic acids is 2. The standard InChI is InChI=1S/C19H20N2O4/c22-13-15-17(23)7-3-8-18(15)25-12-9-14-5-4-11-21(14)19(24)16-6-1-2-10-20-16/h1-3,6-8,10,13-14,23H,4-5,9,11-12H2/t14-/m0/s1. The third kappa shape index (κ3) is 3.79. The molecule has 25 heavy (non-hydrogen) atoms. The predicted octanol–water partition coefficient (Wildman–Crippen LogP) is 2.67. The molecule has 3 rings (SSSR count). The van der Waals surface area contributed by atoms with Gasteiger partial charge in [0.05, 0.1) is 12.2 Å². The quantitative estimate of drug-likeness (QED) is 0.818. The topological polar surface area (TPSA) is 79.7 Å². The Hall–Kier alpha value is -2.89. The van der Waals surface area contributed by atoms with Crippen molar-refractivity contribution in [2.45, 2.75) is 25.3 Å². The van der Waals surface area contributed by atoms with Crippen molar-refractivity contribution < 1.29 is 19.4 Å². The number of aromatic hydroxyl groups is 1. The van der Waals surface area contributed by atoms with Crippen molar-refractivity contribution in [1.29, 1.82) is 0 Å². The molecule has 1 aliphatic rings. The number of rotatable bonds is 6. The van der Waals surface area contributed by atoms with Gasteiger partial charge >= 0.3 is 0 Å². The Bertz CT molecular complexity index is 748. The van der Waals surface area contributed by atoms with Gasteiger partial charge in [0, 0.05) is 25.2 Å². The maximum absolute atomic E-state index is 12.6. The van der Waals surface area contributed by atoms with Gasteiger partial charge in [0.25, 0.3) is 5.91 Å². The Balaban J connectivity index is 1.60. The Labute approximate surface area is 146 Å². The summed E-state index contributed by atoms with van der Waals surface area (Å²) >= 11 is 0. The molecular formula is C19H20N2O4. The SMILES string of the molecule is O=Cc1c(O)cccc1OCC[C@@H]1CCCN1C(=O)c1ccccn1. The first-order valence-electron chi connectivity index (χ1n) is 8.32. The van der Waals surface area contributed by atoms with Gasteiger partial charge in [0.1, 0.15) is 17.2 Å². The summed E-state index contributed by atoms with van der Waals surface area (Å²) in [6.07, 6.45) is 4.73. The molecule has 130 valence electrons. The molecule has 6 nitrogen and oxygen atoms in total. The van der Waals surface area contributed by atoms with Gasteiger partial charge in [0.15, 0.2) is 6.29 Å². The van der Waals surface area contributed by atoms with Crippen LogP contribution in [0.3, 0.4) is 0 Å². The lowest BCUT2D eigenvalue weighted by Crippen LogP contribution is -2.36. The molecule has 1 saturated heterocycles. The summed E-state index contributed by atoms with van der Waals surface area (Å²) in [4.78, 5) is 29.6. The Morgan fingerprint density at radius 3 is 2.96 bits per heavy atom. The molecule has 1 aromatic carbocycles. The van der Waals surface area contributed by atoms with E-state index in [-0.39, 0.29) is 23.3 Å². The number of aromatic nitrogens is 1. The predicted molar refractivity (Wildman–Crippen MR) is 91.9 cm³/mol. The zero-order valence-electron chi connectivity index (χ0n) is 13.8. The minimum absolute atomic E-state index is 0.0611. The van der Waals surface area contributed by atoms with Gasteiger partial charge in [0.2, 0.25) is 0 Å². The zero-order chi connectivity index (χ0) is 17.6. The highest BCUT2D eigenvalue weighted by atomic mass is 16.5. The van der Waals surface area contributed by atoms with E-state index in [4.69, 9.17) is 4.74 Å². The summed E-state index contributed by atoms with van der Waals surface area (Å²) in [5, 5.41) is 9.67. The second-order valence-electron chi connectivity index (χ2n) is 5.95. The molecule has 0 spiro atoms. The Morgan fingerprint density at radius 2 is 2.20 bits per heavy atom. The van der Waals surface area contributed by atoms with Crippen LogP contribution in [0.4, 0.5) is 0 Å². The zero-order valence-corrected chi connectivity index (χ0v) is 13.8. The molecule has 0 bridgehead atoms. The summed E-state index contributed by atoms with van der Waals surface area (Å²) < 4.78 is 5.66. The summed E-state index contributed by atoms with van der Waals surface area (Å²) in [5.41, 5.74) is 0.599. The van der Waals surface area contributed by atoms with E-state index in [2.05, 4.69) is 4.98 Å². The summed E-state index contributed by atoms with van der Waals surface area (Å²) in [6, 6.07) is 10.1. The molecule has 0 unspecified atom stereocenters. The van der Waals surface area contributed by atoms with Crippen molar-refractivity contribution in [3.63, 3.8) is 0 Å². The number of hydrogen-bond donors (Lipinski definition) is 1. The highest BCUT2D eigenvalue weighted by Crippen LogP contribution is 2.27. The third-order valence-electron chi connectivity index (χ3n) is 4.39. The monoisotopic (exact) mass is 340 g/mol. The van der Waals surface area contributed by atoms with E-state index >= 15 is 0 Å². The molecule has 6 heteroatoms. The number of likely N-dealkylation sites (tertiary alicyclic amines) is 1. The molecule has 1 amide bonds. The molecule has 1 atom stereocenters. The molecule has 2 aromatic rings. The third-order valence-corrected chi connectivity index (χ3v) is 4.39. The van der Waals surface area contributed by atoms with Gasteiger partial charge in [-0.15, -0.1) is 0 Å². The number of amides is 1. The van der Waals surface area contributed by atoms with Gasteiger partial charge < -0.3 is 14.7 Å². The first kappa shape index (κ1) is 17.0. The first-order chi connectivity index (χ1) is 12.2. The molecule has 0 saturated carbocycles. The number of phenols is 1. The van der Waals surface area contributed by atoms with Crippen LogP contribution < -0.4 is 4.74 Å². The fourth-order valence-corrected chi connectivity index (χ4v) is 3.12. The number of benzene rings is 1. The fourth-order valence-electron chi connectivity index (χ4n) is 3.12. The lowest BCUT2D eigenvalue weighted by molar-refractivity contribution is 0.0713. The summed E-state index contributed by atoms with van der Waals surface area (Å²) in [5.74, 6) is 0.199. The number of aldehydes is 1. The van der Waals surface area contributed by atoms with Gasteiger partial charge in [-0.25, -0.2) is 0 Å². The van der Waals surface area contributed by atoms with Crippen LogP contribution in [-0.4, -0.2) is 46.4 Å². The number of ether oxygens (including phenoxy) is 1. The number of phenolic OH excluding ortho intramolecular Hbond substituents is 1. The highest BCUT2D eigenvalue weighted by molar-refractivity contribution is 5.92. The second kappa shape index (κ2) is 7.79. The maximum atomic E-state index is 12.6. The van der Waals surface area contributed by atoms with Crippen LogP contribution in [0.5, 0.6) is 11.5 Å². The van der Waals surface area contributed by atoms with Crippen LogP contribution in [0, 0.1) is 0 Å². The Kier molecular flexibility index (Phi) is 5.28. The molecular weight excluding hydrogens is 320 g/mol. The van der Waals surface area contributed by atoms with E-state index < -0.39 is 0 Å². The first-order valence-corrected chi connectivity index (χ1v) is 8.32. The van der Waals surface area contributed by atoms with E-state index in [9.17, 15) is 14.7 Å². The number of pyridine rings is 1. The van der Waals surface area contributed by atoms with E-state index in [0.29, 0.717) is 37.3 Å². The molecule has 0 aliphatic carbocycles. The van der Waals surface area contributed by atoms with Crippen LogP contribution >= 0.6 is 0 Å². The van der Waals surface area contributed by atoms with Gasteiger partial charge in [-0.3, -0.25) is 14.6 Å². The van der Waals surface area contributed by atoms with Gasteiger partial charge in [-0.1, -0.05) is 12.1 Å². The van der Waals surface area contributed by atoms with Crippen LogP contribution in [-0.2, 0) is 0 Å². The molecule has 1 N–H and O–H groups in total. The molecule has 1 fully saturated rings. The molecule has 1 aromatic heterocycles. The van der Waals surface area contributed by atoms with E-state index in [1.165, 1.54) is 6.07 Å². The van der Waals surface area contributed by atoms with Crippen LogP contribution in [0.1, 0.15) is 40.1 Å². The van der Waals surface area contributed by atoms with Crippen molar-refractivity contribution in [2.24, 2.45) is 0 Å². The maximum Gasteiger partial charge on any atom is 0.272 e. The smallest absolute Gasteiger partial charge is 0.272 e. The van der Waals surface area contributed by atoms with Crippen molar-refractivity contribution in [2.75, 3.05) is 13.2 Å². The average molecular weight is 340 g/mol. The van der Waals surface area contributed by atoms with Crippen molar-refractivity contribution >= 4 is 12.2 Å². The Morgan fingerprint density at radius 1 is 1.32 bits per heavy atom. The normalized spacial score (nSPS) is 16.6. The van der Waals surface area contributed by atoms with Crippen molar-refractivity contribution in [3.8, 4) is 11.5 Å². The van der Waals surface area contributed by atoms with Crippen molar-refractivity contribution in [1.82, 2.24) is 9.88 Å². The minimum Gasteiger partial charge on any atom is -0.507 e. The summed E-state index contributed by atoms with van der Waals surface area (Å²) in [7, 11) is 0. The molecule has 0 radical (unpaired) electrons.